The Morgan fingerprint density at radius 3 is 2.67 bits per heavy atom. The summed E-state index contributed by atoms with van der Waals surface area (Å²) in [5.41, 5.74) is 1.15. The van der Waals surface area contributed by atoms with Crippen LogP contribution in [0.4, 0.5) is 10.1 Å². The van der Waals surface area contributed by atoms with Crippen molar-refractivity contribution in [2.45, 2.75) is 19.3 Å². The van der Waals surface area contributed by atoms with Crippen molar-refractivity contribution in [2.75, 3.05) is 50.7 Å². The third kappa shape index (κ3) is 4.17. The van der Waals surface area contributed by atoms with E-state index in [-0.39, 0.29) is 5.82 Å². The Balaban J connectivity index is 1.52. The van der Waals surface area contributed by atoms with Gasteiger partial charge in [-0.1, -0.05) is 0 Å². The van der Waals surface area contributed by atoms with E-state index in [4.69, 9.17) is 0 Å². The normalized spacial score (nSPS) is 24.8. The van der Waals surface area contributed by atoms with Crippen LogP contribution in [0.1, 0.15) is 19.3 Å². The Labute approximate surface area is 127 Å². The Hall–Kier alpha value is -1.13. The van der Waals surface area contributed by atoms with Crippen LogP contribution >= 0.6 is 0 Å². The fourth-order valence-corrected chi connectivity index (χ4v) is 3.51. The van der Waals surface area contributed by atoms with Gasteiger partial charge in [-0.15, -0.1) is 0 Å². The second-order valence-corrected chi connectivity index (χ2v) is 6.33. The molecule has 21 heavy (non-hydrogen) atoms. The molecule has 0 amide bonds. The Morgan fingerprint density at radius 2 is 1.90 bits per heavy atom. The standard InChI is InChI=1S/C17H26FN3/c18-16-4-6-17(7-5-16)21-10-2-9-20(11-12-21)14-15-3-1-8-19-13-15/h4-7,15,19H,1-3,8-14H2/t15-/m1/s1. The van der Waals surface area contributed by atoms with Gasteiger partial charge in [0.2, 0.25) is 0 Å². The number of benzene rings is 1. The minimum Gasteiger partial charge on any atom is -0.370 e. The first-order chi connectivity index (χ1) is 10.3. The molecule has 0 unspecified atom stereocenters. The summed E-state index contributed by atoms with van der Waals surface area (Å²) >= 11 is 0. The van der Waals surface area contributed by atoms with Crippen molar-refractivity contribution in [1.82, 2.24) is 10.2 Å². The number of rotatable bonds is 3. The van der Waals surface area contributed by atoms with Gasteiger partial charge in [0, 0.05) is 31.9 Å². The van der Waals surface area contributed by atoms with Gasteiger partial charge in [-0.05, 0) is 69.1 Å². The summed E-state index contributed by atoms with van der Waals surface area (Å²) in [6.07, 6.45) is 3.88. The number of nitrogens with one attached hydrogen (secondary N) is 1. The lowest BCUT2D eigenvalue weighted by molar-refractivity contribution is 0.219. The summed E-state index contributed by atoms with van der Waals surface area (Å²) in [5.74, 6) is 0.663. The van der Waals surface area contributed by atoms with E-state index < -0.39 is 0 Å². The van der Waals surface area contributed by atoms with Gasteiger partial charge in [0.25, 0.3) is 0 Å². The van der Waals surface area contributed by atoms with Crippen LogP contribution in [0.25, 0.3) is 0 Å². The van der Waals surface area contributed by atoms with Crippen molar-refractivity contribution in [2.24, 2.45) is 5.92 Å². The SMILES string of the molecule is Fc1ccc(N2CCCN(C[C@@H]3CCCNC3)CC2)cc1. The lowest BCUT2D eigenvalue weighted by Gasteiger charge is -2.29. The van der Waals surface area contributed by atoms with E-state index in [1.165, 1.54) is 45.4 Å². The fraction of sp³-hybridized carbons (Fsp3) is 0.647. The van der Waals surface area contributed by atoms with Gasteiger partial charge in [0.1, 0.15) is 5.82 Å². The van der Waals surface area contributed by atoms with E-state index in [9.17, 15) is 4.39 Å². The molecule has 3 rings (SSSR count). The van der Waals surface area contributed by atoms with Crippen molar-refractivity contribution < 1.29 is 4.39 Å². The van der Waals surface area contributed by atoms with Crippen LogP contribution in [0.15, 0.2) is 24.3 Å². The molecule has 0 bridgehead atoms. The number of halogens is 1. The van der Waals surface area contributed by atoms with Crippen molar-refractivity contribution >= 4 is 5.69 Å². The van der Waals surface area contributed by atoms with Crippen LogP contribution in [0.5, 0.6) is 0 Å². The van der Waals surface area contributed by atoms with Crippen molar-refractivity contribution in [3.63, 3.8) is 0 Å². The maximum absolute atomic E-state index is 13.0. The molecule has 2 aliphatic heterocycles. The molecule has 0 spiro atoms. The highest BCUT2D eigenvalue weighted by Gasteiger charge is 2.20. The minimum absolute atomic E-state index is 0.153. The zero-order chi connectivity index (χ0) is 14.5. The monoisotopic (exact) mass is 291 g/mol. The number of piperidine rings is 1. The maximum Gasteiger partial charge on any atom is 0.123 e. The molecule has 0 radical (unpaired) electrons. The highest BCUT2D eigenvalue weighted by atomic mass is 19.1. The van der Waals surface area contributed by atoms with E-state index in [0.717, 1.165) is 31.2 Å². The number of hydrogen-bond acceptors (Lipinski definition) is 3. The molecule has 3 nitrogen and oxygen atoms in total. The van der Waals surface area contributed by atoms with Gasteiger partial charge in [-0.2, -0.15) is 0 Å². The number of nitrogens with zero attached hydrogens (tertiary/aromatic N) is 2. The van der Waals surface area contributed by atoms with Gasteiger partial charge in [0.15, 0.2) is 0 Å². The molecule has 2 fully saturated rings. The van der Waals surface area contributed by atoms with Gasteiger partial charge >= 0.3 is 0 Å². The summed E-state index contributed by atoms with van der Waals surface area (Å²) in [4.78, 5) is 5.00. The number of hydrogen-bond donors (Lipinski definition) is 1. The molecule has 2 saturated heterocycles. The summed E-state index contributed by atoms with van der Waals surface area (Å²) in [6, 6.07) is 6.92. The van der Waals surface area contributed by atoms with E-state index in [1.807, 2.05) is 12.1 Å². The quantitative estimate of drug-likeness (QED) is 0.922. The average molecular weight is 291 g/mol. The molecule has 4 heteroatoms. The predicted octanol–water partition coefficient (Wildman–Crippen LogP) is 2.34. The van der Waals surface area contributed by atoms with Gasteiger partial charge < -0.3 is 15.1 Å². The van der Waals surface area contributed by atoms with Gasteiger partial charge in [0.05, 0.1) is 0 Å². The molecule has 1 N–H and O–H groups in total. The largest absolute Gasteiger partial charge is 0.370 e. The zero-order valence-corrected chi connectivity index (χ0v) is 12.7. The van der Waals surface area contributed by atoms with Crippen LogP contribution in [-0.2, 0) is 0 Å². The fourth-order valence-electron chi connectivity index (χ4n) is 3.51. The second-order valence-electron chi connectivity index (χ2n) is 6.33. The molecule has 1 atom stereocenters. The van der Waals surface area contributed by atoms with Crippen molar-refractivity contribution in [3.8, 4) is 0 Å². The molecule has 1 aromatic carbocycles. The molecule has 1 aromatic rings. The topological polar surface area (TPSA) is 18.5 Å². The van der Waals surface area contributed by atoms with Crippen LogP contribution in [-0.4, -0.2) is 50.7 Å². The molecule has 2 aliphatic rings. The lowest BCUT2D eigenvalue weighted by Crippen LogP contribution is -2.39. The zero-order valence-electron chi connectivity index (χ0n) is 12.7. The molecule has 0 aliphatic carbocycles. The third-order valence-corrected chi connectivity index (χ3v) is 4.70. The summed E-state index contributed by atoms with van der Waals surface area (Å²) in [7, 11) is 0. The molecular formula is C17H26FN3. The molecule has 0 saturated carbocycles. The van der Waals surface area contributed by atoms with Crippen molar-refractivity contribution in [3.05, 3.63) is 30.1 Å². The molecule has 0 aromatic heterocycles. The van der Waals surface area contributed by atoms with Gasteiger partial charge in [-0.3, -0.25) is 0 Å². The Bertz CT molecular complexity index is 428. The Morgan fingerprint density at radius 1 is 1.05 bits per heavy atom. The minimum atomic E-state index is -0.153. The molecule has 2 heterocycles. The van der Waals surface area contributed by atoms with Crippen LogP contribution in [0.3, 0.4) is 0 Å². The molecule has 116 valence electrons. The maximum atomic E-state index is 13.0. The third-order valence-electron chi connectivity index (χ3n) is 4.70. The van der Waals surface area contributed by atoms with E-state index in [2.05, 4.69) is 15.1 Å². The Kier molecular flexibility index (Phi) is 5.09. The first kappa shape index (κ1) is 14.8. The lowest BCUT2D eigenvalue weighted by atomic mass is 9.99. The van der Waals surface area contributed by atoms with Crippen LogP contribution in [0.2, 0.25) is 0 Å². The number of anilines is 1. The van der Waals surface area contributed by atoms with Crippen LogP contribution in [0, 0.1) is 11.7 Å². The summed E-state index contributed by atoms with van der Waals surface area (Å²) < 4.78 is 13.0. The summed E-state index contributed by atoms with van der Waals surface area (Å²) in [5, 5.41) is 3.51. The van der Waals surface area contributed by atoms with Crippen molar-refractivity contribution in [1.29, 1.82) is 0 Å². The van der Waals surface area contributed by atoms with E-state index in [1.54, 1.807) is 12.1 Å². The first-order valence-corrected chi connectivity index (χ1v) is 8.25. The van der Waals surface area contributed by atoms with Gasteiger partial charge in [-0.25, -0.2) is 4.39 Å². The summed E-state index contributed by atoms with van der Waals surface area (Å²) in [6.45, 7) is 8.02. The molecular weight excluding hydrogens is 265 g/mol. The second kappa shape index (κ2) is 7.23. The smallest absolute Gasteiger partial charge is 0.123 e. The predicted molar refractivity (Wildman–Crippen MR) is 85.3 cm³/mol. The average Bonchev–Trinajstić information content (AvgIpc) is 2.75. The first-order valence-electron chi connectivity index (χ1n) is 8.25. The van der Waals surface area contributed by atoms with E-state index >= 15 is 0 Å². The van der Waals surface area contributed by atoms with Crippen LogP contribution < -0.4 is 10.2 Å². The van der Waals surface area contributed by atoms with E-state index in [0.29, 0.717) is 0 Å². The highest BCUT2D eigenvalue weighted by Crippen LogP contribution is 2.18. The highest BCUT2D eigenvalue weighted by molar-refractivity contribution is 5.46.